The maximum Gasteiger partial charge on any atom is 0.269 e. The number of benzene rings is 1. The van der Waals surface area contributed by atoms with Crippen LogP contribution >= 0.6 is 11.3 Å². The smallest absolute Gasteiger partial charge is 0.269 e. The number of amides is 1. The number of nitrogens with zero attached hydrogens (tertiary/aromatic N) is 4. The molecule has 1 amide bonds. The van der Waals surface area contributed by atoms with E-state index in [4.69, 9.17) is 4.52 Å². The molecule has 0 aliphatic carbocycles. The van der Waals surface area contributed by atoms with Gasteiger partial charge in [-0.1, -0.05) is 46.8 Å². The Balaban J connectivity index is 1.58. The summed E-state index contributed by atoms with van der Waals surface area (Å²) < 4.78 is 31.6. The number of aromatic nitrogens is 4. The van der Waals surface area contributed by atoms with Crippen molar-refractivity contribution < 1.29 is 17.7 Å². The van der Waals surface area contributed by atoms with Gasteiger partial charge >= 0.3 is 0 Å². The van der Waals surface area contributed by atoms with Gasteiger partial charge in [0.25, 0.3) is 10.0 Å². The van der Waals surface area contributed by atoms with Crippen LogP contribution in [0.1, 0.15) is 12.8 Å². The van der Waals surface area contributed by atoms with E-state index in [0.29, 0.717) is 11.7 Å². The number of carbonyl (C=O) groups excluding carboxylic acids is 1. The van der Waals surface area contributed by atoms with Crippen LogP contribution in [0.4, 0.5) is 5.13 Å². The Hall–Kier alpha value is -2.70. The van der Waals surface area contributed by atoms with Crippen molar-refractivity contribution in [3.8, 4) is 11.4 Å². The van der Waals surface area contributed by atoms with Crippen molar-refractivity contribution in [2.45, 2.75) is 17.7 Å². The lowest BCUT2D eigenvalue weighted by molar-refractivity contribution is -0.114. The third-order valence-electron chi connectivity index (χ3n) is 3.05. The fourth-order valence-corrected chi connectivity index (χ4v) is 3.95. The first-order valence-electron chi connectivity index (χ1n) is 7.43. The lowest BCUT2D eigenvalue weighted by Gasteiger charge is -2.00. The summed E-state index contributed by atoms with van der Waals surface area (Å²) in [6, 6.07) is 9.29. The molecule has 0 fully saturated rings. The minimum absolute atomic E-state index is 0.0494. The van der Waals surface area contributed by atoms with E-state index in [2.05, 4.69) is 30.4 Å². The Morgan fingerprint density at radius 3 is 2.73 bits per heavy atom. The van der Waals surface area contributed by atoms with Crippen LogP contribution < -0.4 is 10.0 Å². The van der Waals surface area contributed by atoms with Crippen molar-refractivity contribution in [1.29, 1.82) is 0 Å². The number of sulfonamides is 1. The molecule has 2 aromatic heterocycles. The first-order valence-corrected chi connectivity index (χ1v) is 9.73. The number of nitrogens with one attached hydrogen (secondary N) is 2. The lowest BCUT2D eigenvalue weighted by Crippen LogP contribution is -2.26. The van der Waals surface area contributed by atoms with Gasteiger partial charge in [0.15, 0.2) is 0 Å². The SMILES string of the molecule is CC(=O)Nc1nnc(S(=O)(=O)NCCc2nc(-c3ccccc3)no2)s1. The number of rotatable bonds is 7. The molecule has 0 radical (unpaired) electrons. The van der Waals surface area contributed by atoms with Gasteiger partial charge < -0.3 is 9.84 Å². The standard InChI is InChI=1S/C14H14N6O4S2/c1-9(21)16-13-18-19-14(25-13)26(22,23)15-8-7-11-17-12(20-24-11)10-5-3-2-4-6-10/h2-6,15H,7-8H2,1H3,(H,16,18,21). The average Bonchev–Trinajstić information content (AvgIpc) is 3.25. The fourth-order valence-electron chi connectivity index (χ4n) is 1.93. The highest BCUT2D eigenvalue weighted by Crippen LogP contribution is 2.19. The van der Waals surface area contributed by atoms with E-state index in [-0.39, 0.29) is 28.3 Å². The normalized spacial score (nSPS) is 11.4. The Morgan fingerprint density at radius 1 is 1.23 bits per heavy atom. The summed E-state index contributed by atoms with van der Waals surface area (Å²) in [7, 11) is -3.84. The molecule has 0 saturated carbocycles. The van der Waals surface area contributed by atoms with Crippen LogP contribution in [0.15, 0.2) is 39.2 Å². The summed E-state index contributed by atoms with van der Waals surface area (Å²) in [6.45, 7) is 1.34. The van der Waals surface area contributed by atoms with E-state index in [9.17, 15) is 13.2 Å². The van der Waals surface area contributed by atoms with Crippen LogP contribution in [0.2, 0.25) is 0 Å². The Morgan fingerprint density at radius 2 is 2.00 bits per heavy atom. The molecule has 0 aliphatic heterocycles. The monoisotopic (exact) mass is 394 g/mol. The highest BCUT2D eigenvalue weighted by atomic mass is 32.2. The van der Waals surface area contributed by atoms with Gasteiger partial charge in [-0.05, 0) is 0 Å². The van der Waals surface area contributed by atoms with Crippen LogP contribution in [-0.4, -0.2) is 41.2 Å². The third-order valence-corrected chi connectivity index (χ3v) is 5.72. The second-order valence-electron chi connectivity index (χ2n) is 5.08. The molecule has 0 unspecified atom stereocenters. The van der Waals surface area contributed by atoms with Crippen LogP contribution in [0.25, 0.3) is 11.4 Å². The second kappa shape index (κ2) is 7.68. The maximum atomic E-state index is 12.2. The molecule has 0 saturated heterocycles. The van der Waals surface area contributed by atoms with Crippen LogP contribution in [0, 0.1) is 0 Å². The van der Waals surface area contributed by atoms with Crippen LogP contribution in [0.5, 0.6) is 0 Å². The summed E-state index contributed by atoms with van der Waals surface area (Å²) in [5, 5.41) is 13.5. The topological polar surface area (TPSA) is 140 Å². The van der Waals surface area contributed by atoms with E-state index in [1.165, 1.54) is 6.92 Å². The minimum Gasteiger partial charge on any atom is -0.339 e. The Labute approximate surface area is 152 Å². The fraction of sp³-hybridized carbons (Fsp3) is 0.214. The lowest BCUT2D eigenvalue weighted by atomic mass is 10.2. The molecule has 26 heavy (non-hydrogen) atoms. The molecular weight excluding hydrogens is 380 g/mol. The van der Waals surface area contributed by atoms with E-state index in [1.54, 1.807) is 0 Å². The van der Waals surface area contributed by atoms with Crippen molar-refractivity contribution in [1.82, 2.24) is 25.1 Å². The molecule has 2 N–H and O–H groups in total. The van der Waals surface area contributed by atoms with Crippen molar-refractivity contribution >= 4 is 32.4 Å². The average molecular weight is 394 g/mol. The van der Waals surface area contributed by atoms with E-state index in [0.717, 1.165) is 16.9 Å². The zero-order chi connectivity index (χ0) is 18.6. The van der Waals surface area contributed by atoms with E-state index < -0.39 is 10.0 Å². The zero-order valence-corrected chi connectivity index (χ0v) is 15.2. The molecule has 0 bridgehead atoms. The molecule has 0 spiro atoms. The van der Waals surface area contributed by atoms with Crippen molar-refractivity contribution in [2.24, 2.45) is 0 Å². The Bertz CT molecular complexity index is 999. The van der Waals surface area contributed by atoms with Crippen molar-refractivity contribution in [2.75, 3.05) is 11.9 Å². The summed E-state index contributed by atoms with van der Waals surface area (Å²) in [6.07, 6.45) is 0.219. The van der Waals surface area contributed by atoms with Gasteiger partial charge in [-0.25, -0.2) is 13.1 Å². The summed E-state index contributed by atoms with van der Waals surface area (Å²) in [4.78, 5) is 15.2. The van der Waals surface area contributed by atoms with Gasteiger partial charge in [-0.2, -0.15) is 4.98 Å². The van der Waals surface area contributed by atoms with Gasteiger partial charge in [-0.15, -0.1) is 10.2 Å². The van der Waals surface area contributed by atoms with Gasteiger partial charge in [0.05, 0.1) is 0 Å². The number of hydrogen-bond acceptors (Lipinski definition) is 9. The van der Waals surface area contributed by atoms with Crippen molar-refractivity contribution in [3.63, 3.8) is 0 Å². The highest BCUT2D eigenvalue weighted by molar-refractivity contribution is 7.91. The molecule has 136 valence electrons. The molecular formula is C14H14N6O4S2. The maximum absolute atomic E-state index is 12.2. The summed E-state index contributed by atoms with van der Waals surface area (Å²) in [5.41, 5.74) is 0.808. The first kappa shape index (κ1) is 18.1. The predicted molar refractivity (Wildman–Crippen MR) is 92.8 cm³/mol. The quantitative estimate of drug-likeness (QED) is 0.567. The van der Waals surface area contributed by atoms with Gasteiger partial charge in [0.2, 0.25) is 27.1 Å². The molecule has 10 nitrogen and oxygen atoms in total. The largest absolute Gasteiger partial charge is 0.339 e. The Kier molecular flexibility index (Phi) is 5.35. The van der Waals surface area contributed by atoms with E-state index in [1.807, 2.05) is 30.3 Å². The second-order valence-corrected chi connectivity index (χ2v) is 8.00. The van der Waals surface area contributed by atoms with Gasteiger partial charge in [-0.3, -0.25) is 4.79 Å². The molecule has 3 rings (SSSR count). The molecule has 1 aromatic carbocycles. The van der Waals surface area contributed by atoms with E-state index >= 15 is 0 Å². The molecule has 12 heteroatoms. The number of carbonyl (C=O) groups is 1. The number of anilines is 1. The zero-order valence-electron chi connectivity index (χ0n) is 13.5. The predicted octanol–water partition coefficient (Wildman–Crippen LogP) is 1.07. The van der Waals surface area contributed by atoms with Crippen LogP contribution in [-0.2, 0) is 21.2 Å². The molecule has 0 aliphatic rings. The van der Waals surface area contributed by atoms with Crippen molar-refractivity contribution in [3.05, 3.63) is 36.2 Å². The highest BCUT2D eigenvalue weighted by Gasteiger charge is 2.20. The molecule has 0 atom stereocenters. The van der Waals surface area contributed by atoms with Gasteiger partial charge in [0.1, 0.15) is 0 Å². The summed E-state index contributed by atoms with van der Waals surface area (Å²) in [5.74, 6) is 0.388. The molecule has 3 aromatic rings. The number of hydrogen-bond donors (Lipinski definition) is 2. The molecule has 2 heterocycles. The van der Waals surface area contributed by atoms with Gasteiger partial charge in [0, 0.05) is 25.5 Å². The first-order chi connectivity index (χ1) is 12.4. The third kappa shape index (κ3) is 4.47. The summed E-state index contributed by atoms with van der Waals surface area (Å²) >= 11 is 0.760. The minimum atomic E-state index is -3.84. The van der Waals surface area contributed by atoms with Crippen LogP contribution in [0.3, 0.4) is 0 Å².